The number of hydrogen-bond donors (Lipinski definition) is 1. The quantitative estimate of drug-likeness (QED) is 0.780. The van der Waals surface area contributed by atoms with Gasteiger partial charge in [0.1, 0.15) is 11.9 Å². The third-order valence-electron chi connectivity index (χ3n) is 5.73. The third-order valence-corrected chi connectivity index (χ3v) is 5.73. The monoisotopic (exact) mass is 388 g/mol. The van der Waals surface area contributed by atoms with Crippen LogP contribution in [0.25, 0.3) is 5.57 Å². The van der Waals surface area contributed by atoms with Gasteiger partial charge < -0.3 is 14.6 Å². The summed E-state index contributed by atoms with van der Waals surface area (Å²) >= 11 is 0. The minimum Gasteiger partial charge on any atom is -0.458 e. The first kappa shape index (κ1) is 20.7. The van der Waals surface area contributed by atoms with Crippen molar-refractivity contribution < 1.29 is 23.8 Å². The van der Waals surface area contributed by atoms with Gasteiger partial charge in [0.05, 0.1) is 18.6 Å². The number of ether oxygens (including phenoxy) is 2. The topological polar surface area (TPSA) is 55.8 Å². The highest BCUT2D eigenvalue weighted by atomic mass is 19.1. The number of allylic oxidation sites excluding steroid dienone is 2. The summed E-state index contributed by atoms with van der Waals surface area (Å²) in [6.07, 6.45) is 4.91. The van der Waals surface area contributed by atoms with Gasteiger partial charge in [0.2, 0.25) is 0 Å². The SMILES string of the molecule is COC1CC(c2ccc(F)c(C)c2)=C(C=C[C@@H]2C[C@@H](O)CC(=O)O2)C(C)(C)C1. The van der Waals surface area contributed by atoms with Crippen molar-refractivity contribution in [3.63, 3.8) is 0 Å². The summed E-state index contributed by atoms with van der Waals surface area (Å²) in [6, 6.07) is 5.18. The Morgan fingerprint density at radius 2 is 2.07 bits per heavy atom. The summed E-state index contributed by atoms with van der Waals surface area (Å²) < 4.78 is 24.8. The molecule has 0 aromatic heterocycles. The molecule has 2 aliphatic rings. The molecule has 0 radical (unpaired) electrons. The minimum atomic E-state index is -0.665. The fourth-order valence-corrected chi connectivity index (χ4v) is 4.23. The Labute approximate surface area is 166 Å². The molecule has 0 bridgehead atoms. The molecular formula is C23H29FO4. The van der Waals surface area contributed by atoms with Crippen molar-refractivity contribution in [1.82, 2.24) is 0 Å². The Morgan fingerprint density at radius 3 is 2.71 bits per heavy atom. The maximum absolute atomic E-state index is 13.8. The fraction of sp³-hybridized carbons (Fsp3) is 0.522. The first-order chi connectivity index (χ1) is 13.2. The molecule has 0 spiro atoms. The van der Waals surface area contributed by atoms with Crippen molar-refractivity contribution >= 4 is 11.5 Å². The second-order valence-electron chi connectivity index (χ2n) is 8.49. The molecule has 0 amide bonds. The van der Waals surface area contributed by atoms with Gasteiger partial charge in [0, 0.05) is 13.5 Å². The number of cyclic esters (lactones) is 1. The van der Waals surface area contributed by atoms with Crippen LogP contribution < -0.4 is 0 Å². The van der Waals surface area contributed by atoms with Gasteiger partial charge in [-0.2, -0.15) is 0 Å². The first-order valence-electron chi connectivity index (χ1n) is 9.78. The second-order valence-corrected chi connectivity index (χ2v) is 8.49. The Bertz CT molecular complexity index is 809. The van der Waals surface area contributed by atoms with E-state index in [-0.39, 0.29) is 29.7 Å². The van der Waals surface area contributed by atoms with Gasteiger partial charge in [0.15, 0.2) is 0 Å². The average molecular weight is 388 g/mol. The van der Waals surface area contributed by atoms with E-state index in [1.54, 1.807) is 14.0 Å². The van der Waals surface area contributed by atoms with Crippen LogP contribution in [0.1, 0.15) is 50.7 Å². The van der Waals surface area contributed by atoms with Crippen LogP contribution in [0, 0.1) is 18.2 Å². The van der Waals surface area contributed by atoms with Gasteiger partial charge in [0.25, 0.3) is 0 Å². The number of aliphatic hydroxyl groups excluding tert-OH is 1. The number of aliphatic hydroxyl groups is 1. The van der Waals surface area contributed by atoms with E-state index in [2.05, 4.69) is 13.8 Å². The summed E-state index contributed by atoms with van der Waals surface area (Å²) in [5.74, 6) is -0.595. The molecule has 1 saturated heterocycles. The third kappa shape index (κ3) is 4.53. The fourth-order valence-electron chi connectivity index (χ4n) is 4.23. The van der Waals surface area contributed by atoms with Crippen LogP contribution in [0.3, 0.4) is 0 Å². The van der Waals surface area contributed by atoms with Gasteiger partial charge in [-0.25, -0.2) is 4.39 Å². The zero-order chi connectivity index (χ0) is 20.5. The molecule has 5 heteroatoms. The predicted molar refractivity (Wildman–Crippen MR) is 106 cm³/mol. The number of halogens is 1. The molecule has 28 heavy (non-hydrogen) atoms. The number of aryl methyl sites for hydroxylation is 1. The maximum atomic E-state index is 13.8. The van der Waals surface area contributed by atoms with Crippen molar-refractivity contribution in [3.05, 3.63) is 52.9 Å². The van der Waals surface area contributed by atoms with Crippen LogP contribution in [-0.2, 0) is 14.3 Å². The van der Waals surface area contributed by atoms with Gasteiger partial charge in [-0.3, -0.25) is 4.79 Å². The van der Waals surface area contributed by atoms with E-state index in [1.165, 1.54) is 6.07 Å². The molecule has 4 nitrogen and oxygen atoms in total. The number of carbonyl (C=O) groups is 1. The van der Waals surface area contributed by atoms with Crippen LogP contribution in [0.4, 0.5) is 4.39 Å². The molecule has 1 fully saturated rings. The van der Waals surface area contributed by atoms with E-state index < -0.39 is 12.2 Å². The number of hydrogen-bond acceptors (Lipinski definition) is 4. The van der Waals surface area contributed by atoms with Crippen molar-refractivity contribution in [2.24, 2.45) is 5.41 Å². The number of esters is 1. The van der Waals surface area contributed by atoms with Gasteiger partial charge in [-0.15, -0.1) is 0 Å². The highest BCUT2D eigenvalue weighted by Gasteiger charge is 2.35. The first-order valence-corrected chi connectivity index (χ1v) is 9.78. The molecule has 3 atom stereocenters. The van der Waals surface area contributed by atoms with E-state index in [0.29, 0.717) is 12.0 Å². The molecule has 3 rings (SSSR count). The van der Waals surface area contributed by atoms with Crippen LogP contribution in [0.2, 0.25) is 0 Å². The molecule has 1 N–H and O–H groups in total. The normalized spacial score (nSPS) is 27.9. The summed E-state index contributed by atoms with van der Waals surface area (Å²) in [4.78, 5) is 11.6. The van der Waals surface area contributed by atoms with Gasteiger partial charge in [-0.05, 0) is 65.7 Å². The molecule has 1 unspecified atom stereocenters. The molecule has 1 aromatic rings. The van der Waals surface area contributed by atoms with E-state index in [4.69, 9.17) is 9.47 Å². The summed E-state index contributed by atoms with van der Waals surface area (Å²) in [6.45, 7) is 6.09. The Morgan fingerprint density at radius 1 is 1.32 bits per heavy atom. The molecular weight excluding hydrogens is 359 g/mol. The number of carbonyl (C=O) groups excluding carboxylic acids is 1. The largest absolute Gasteiger partial charge is 0.458 e. The second kappa shape index (κ2) is 8.18. The van der Waals surface area contributed by atoms with Crippen LogP contribution in [0.5, 0.6) is 0 Å². The lowest BCUT2D eigenvalue weighted by molar-refractivity contribution is -0.156. The Kier molecular flexibility index (Phi) is 6.06. The van der Waals surface area contributed by atoms with Crippen molar-refractivity contribution in [1.29, 1.82) is 0 Å². The van der Waals surface area contributed by atoms with Gasteiger partial charge in [-0.1, -0.05) is 26.0 Å². The number of benzene rings is 1. The molecule has 1 heterocycles. The average Bonchev–Trinajstić information content (AvgIpc) is 2.61. The predicted octanol–water partition coefficient (Wildman–Crippen LogP) is 4.35. The Balaban J connectivity index is 2.01. The lowest BCUT2D eigenvalue weighted by Crippen LogP contribution is -2.32. The standard InChI is InChI=1S/C23H29FO4/c1-14-9-15(5-8-21(14)24)19-12-18(27-4)13-23(2,3)20(19)7-6-17-10-16(25)11-22(26)28-17/h5-9,16-18,25H,10-13H2,1-4H3/t16-,17-,18?/m1/s1. The smallest absolute Gasteiger partial charge is 0.309 e. The lowest BCUT2D eigenvalue weighted by Gasteiger charge is -2.38. The number of methoxy groups -OCH3 is 1. The van der Waals surface area contributed by atoms with Crippen molar-refractivity contribution in [2.45, 2.75) is 64.8 Å². The minimum absolute atomic E-state index is 0.0498. The van der Waals surface area contributed by atoms with Crippen LogP contribution in [-0.4, -0.2) is 36.5 Å². The van der Waals surface area contributed by atoms with Crippen LogP contribution >= 0.6 is 0 Å². The summed E-state index contributed by atoms with van der Waals surface area (Å²) in [5, 5.41) is 9.84. The zero-order valence-corrected chi connectivity index (χ0v) is 17.0. The van der Waals surface area contributed by atoms with E-state index in [0.717, 1.165) is 29.6 Å². The number of rotatable bonds is 4. The molecule has 1 aliphatic carbocycles. The van der Waals surface area contributed by atoms with E-state index in [9.17, 15) is 14.3 Å². The molecule has 1 aliphatic heterocycles. The Hall–Kier alpha value is -1.98. The lowest BCUT2D eigenvalue weighted by atomic mass is 9.69. The van der Waals surface area contributed by atoms with Crippen LogP contribution in [0.15, 0.2) is 35.9 Å². The molecule has 152 valence electrons. The molecule has 1 aromatic carbocycles. The highest BCUT2D eigenvalue weighted by molar-refractivity contribution is 5.74. The zero-order valence-electron chi connectivity index (χ0n) is 17.0. The summed E-state index contributed by atoms with van der Waals surface area (Å²) in [7, 11) is 1.72. The van der Waals surface area contributed by atoms with Crippen molar-refractivity contribution in [3.8, 4) is 0 Å². The van der Waals surface area contributed by atoms with E-state index >= 15 is 0 Å². The maximum Gasteiger partial charge on any atom is 0.309 e. The molecule has 0 saturated carbocycles. The van der Waals surface area contributed by atoms with Gasteiger partial charge >= 0.3 is 5.97 Å². The highest BCUT2D eigenvalue weighted by Crippen LogP contribution is 2.45. The van der Waals surface area contributed by atoms with E-state index in [1.807, 2.05) is 24.3 Å². The summed E-state index contributed by atoms with van der Waals surface area (Å²) in [5.41, 5.74) is 3.67. The van der Waals surface area contributed by atoms with Crippen molar-refractivity contribution in [2.75, 3.05) is 7.11 Å².